The van der Waals surface area contributed by atoms with Gasteiger partial charge < -0.3 is 0 Å². The Bertz CT molecular complexity index is 440. The highest BCUT2D eigenvalue weighted by Gasteiger charge is 2.09. The van der Waals surface area contributed by atoms with Crippen LogP contribution in [0.2, 0.25) is 0 Å². The maximum absolute atomic E-state index is 13.3. The summed E-state index contributed by atoms with van der Waals surface area (Å²) in [5.74, 6) is -1.74. The van der Waals surface area contributed by atoms with Gasteiger partial charge in [-0.25, -0.2) is 13.8 Å². The van der Waals surface area contributed by atoms with E-state index in [9.17, 15) is 8.78 Å². The molecule has 14 heavy (non-hydrogen) atoms. The van der Waals surface area contributed by atoms with Crippen molar-refractivity contribution in [1.29, 1.82) is 0 Å². The first kappa shape index (κ1) is 8.81. The second kappa shape index (κ2) is 3.54. The smallest absolute Gasteiger partial charge is 0.168 e. The van der Waals surface area contributed by atoms with Gasteiger partial charge in [-0.15, -0.1) is 0 Å². The van der Waals surface area contributed by atoms with Crippen LogP contribution in [0, 0.1) is 17.8 Å². The molecule has 0 saturated heterocycles. The van der Waals surface area contributed by atoms with E-state index in [1.807, 2.05) is 0 Å². The van der Waals surface area contributed by atoms with E-state index >= 15 is 0 Å². The van der Waals surface area contributed by atoms with Crippen LogP contribution in [0.1, 0.15) is 0 Å². The average molecular weight is 190 g/mol. The van der Waals surface area contributed by atoms with Crippen molar-refractivity contribution in [3.8, 4) is 11.3 Å². The maximum Gasteiger partial charge on any atom is 0.168 e. The second-order valence-electron chi connectivity index (χ2n) is 2.75. The third-order valence-corrected chi connectivity index (χ3v) is 1.84. The summed E-state index contributed by atoms with van der Waals surface area (Å²) in [6.45, 7) is 0. The van der Waals surface area contributed by atoms with Crippen molar-refractivity contribution in [2.75, 3.05) is 0 Å². The van der Waals surface area contributed by atoms with Crippen LogP contribution in [0.4, 0.5) is 8.78 Å². The fourth-order valence-corrected chi connectivity index (χ4v) is 1.18. The molecule has 0 saturated carbocycles. The predicted octanol–water partition coefficient (Wildman–Crippen LogP) is 2.83. The molecule has 0 fully saturated rings. The van der Waals surface area contributed by atoms with Crippen LogP contribution < -0.4 is 0 Å². The topological polar surface area (TPSA) is 12.9 Å². The molecule has 3 heteroatoms. The quantitative estimate of drug-likeness (QED) is 0.673. The van der Waals surface area contributed by atoms with Gasteiger partial charge in [0.1, 0.15) is 0 Å². The predicted molar refractivity (Wildman–Crippen MR) is 48.4 cm³/mol. The lowest BCUT2D eigenvalue weighted by Gasteiger charge is -2.01. The van der Waals surface area contributed by atoms with Crippen LogP contribution in [-0.4, -0.2) is 4.98 Å². The molecule has 0 unspecified atom stereocenters. The van der Waals surface area contributed by atoms with Gasteiger partial charge in [-0.05, 0) is 24.3 Å². The van der Waals surface area contributed by atoms with Gasteiger partial charge in [0.05, 0.1) is 11.9 Å². The minimum Gasteiger partial charge on any atom is -0.246 e. The van der Waals surface area contributed by atoms with Gasteiger partial charge in [-0.3, -0.25) is 0 Å². The normalized spacial score (nSPS) is 10.1. The summed E-state index contributed by atoms with van der Waals surface area (Å²) in [6.07, 6.45) is 2.57. The van der Waals surface area contributed by atoms with Crippen molar-refractivity contribution >= 4 is 0 Å². The number of aromatic nitrogens is 1. The Balaban J connectivity index is 2.58. The molecule has 1 nitrogen and oxygen atoms in total. The molecular weight excluding hydrogens is 184 g/mol. The Kier molecular flexibility index (Phi) is 2.23. The second-order valence-corrected chi connectivity index (χ2v) is 2.75. The maximum atomic E-state index is 13.3. The number of pyridine rings is 1. The molecule has 2 aromatic rings. The molecule has 0 N–H and O–H groups in total. The average Bonchev–Trinajstić information content (AvgIpc) is 2.23. The first-order chi connectivity index (χ1) is 6.79. The SMILES string of the molecule is Fc1cccc(-c2ccc[c]n2)c1F. The monoisotopic (exact) mass is 190 g/mol. The summed E-state index contributed by atoms with van der Waals surface area (Å²) in [5, 5.41) is 0. The molecule has 0 aliphatic rings. The van der Waals surface area contributed by atoms with Crippen LogP contribution in [0.5, 0.6) is 0 Å². The van der Waals surface area contributed by atoms with Crippen LogP contribution in [-0.2, 0) is 0 Å². The van der Waals surface area contributed by atoms with E-state index in [1.54, 1.807) is 18.2 Å². The molecule has 0 bridgehead atoms. The summed E-state index contributed by atoms with van der Waals surface area (Å²) in [6, 6.07) is 8.88. The van der Waals surface area contributed by atoms with Gasteiger partial charge in [-0.2, -0.15) is 0 Å². The summed E-state index contributed by atoms with van der Waals surface area (Å²) in [4.78, 5) is 3.82. The number of halogens is 2. The molecule has 2 rings (SSSR count). The van der Waals surface area contributed by atoms with E-state index in [4.69, 9.17) is 0 Å². The third-order valence-electron chi connectivity index (χ3n) is 1.84. The standard InChI is InChI=1S/C11H6F2N/c12-9-5-3-4-8(11(9)13)10-6-1-2-7-14-10/h1-6H. The number of benzene rings is 1. The Hall–Kier alpha value is -1.77. The van der Waals surface area contributed by atoms with Crippen molar-refractivity contribution in [3.63, 3.8) is 0 Å². The zero-order valence-electron chi connectivity index (χ0n) is 7.17. The van der Waals surface area contributed by atoms with Crippen molar-refractivity contribution in [1.82, 2.24) is 4.98 Å². The number of hydrogen-bond donors (Lipinski definition) is 0. The number of hydrogen-bond acceptors (Lipinski definition) is 1. The number of nitrogens with zero attached hydrogens (tertiary/aromatic N) is 1. The largest absolute Gasteiger partial charge is 0.246 e. The first-order valence-corrected chi connectivity index (χ1v) is 4.06. The Morgan fingerprint density at radius 3 is 2.64 bits per heavy atom. The lowest BCUT2D eigenvalue weighted by atomic mass is 10.1. The fourth-order valence-electron chi connectivity index (χ4n) is 1.18. The molecular formula is C11H6F2N. The van der Waals surface area contributed by atoms with Gasteiger partial charge >= 0.3 is 0 Å². The molecule has 0 spiro atoms. The Morgan fingerprint density at radius 2 is 1.93 bits per heavy atom. The summed E-state index contributed by atoms with van der Waals surface area (Å²) in [7, 11) is 0. The van der Waals surface area contributed by atoms with Gasteiger partial charge in [0.2, 0.25) is 0 Å². The van der Waals surface area contributed by atoms with Crippen LogP contribution in [0.15, 0.2) is 36.4 Å². The highest BCUT2D eigenvalue weighted by Crippen LogP contribution is 2.21. The van der Waals surface area contributed by atoms with Crippen molar-refractivity contribution in [3.05, 3.63) is 54.2 Å². The van der Waals surface area contributed by atoms with E-state index in [0.717, 1.165) is 6.07 Å². The third kappa shape index (κ3) is 1.48. The highest BCUT2D eigenvalue weighted by atomic mass is 19.2. The molecule has 0 amide bonds. The molecule has 0 aliphatic heterocycles. The van der Waals surface area contributed by atoms with E-state index in [1.165, 1.54) is 12.1 Å². The van der Waals surface area contributed by atoms with E-state index in [2.05, 4.69) is 11.2 Å². The van der Waals surface area contributed by atoms with Crippen LogP contribution in [0.3, 0.4) is 0 Å². The molecule has 1 aromatic carbocycles. The lowest BCUT2D eigenvalue weighted by molar-refractivity contribution is 0.511. The Morgan fingerprint density at radius 1 is 1.07 bits per heavy atom. The molecule has 1 aromatic heterocycles. The summed E-state index contributed by atoms with van der Waals surface area (Å²) in [5.41, 5.74) is 0.534. The van der Waals surface area contributed by atoms with E-state index < -0.39 is 11.6 Å². The van der Waals surface area contributed by atoms with Crippen LogP contribution >= 0.6 is 0 Å². The molecule has 69 valence electrons. The molecule has 1 radical (unpaired) electrons. The minimum atomic E-state index is -0.875. The fraction of sp³-hybridized carbons (Fsp3) is 0. The van der Waals surface area contributed by atoms with E-state index in [-0.39, 0.29) is 5.56 Å². The van der Waals surface area contributed by atoms with Crippen molar-refractivity contribution in [2.24, 2.45) is 0 Å². The van der Waals surface area contributed by atoms with Crippen molar-refractivity contribution < 1.29 is 8.78 Å². The zero-order valence-corrected chi connectivity index (χ0v) is 7.17. The van der Waals surface area contributed by atoms with Crippen LogP contribution in [0.25, 0.3) is 11.3 Å². The molecule has 1 heterocycles. The number of rotatable bonds is 1. The summed E-state index contributed by atoms with van der Waals surface area (Å²) >= 11 is 0. The van der Waals surface area contributed by atoms with Gasteiger partial charge in [-0.1, -0.05) is 12.1 Å². The Labute approximate surface area is 80.0 Å². The minimum absolute atomic E-state index is 0.154. The lowest BCUT2D eigenvalue weighted by Crippen LogP contribution is -1.90. The molecule has 0 aliphatic carbocycles. The van der Waals surface area contributed by atoms with Gasteiger partial charge in [0.25, 0.3) is 0 Å². The highest BCUT2D eigenvalue weighted by molar-refractivity contribution is 5.59. The first-order valence-electron chi connectivity index (χ1n) is 4.06. The van der Waals surface area contributed by atoms with Gasteiger partial charge in [0.15, 0.2) is 11.6 Å². The van der Waals surface area contributed by atoms with Gasteiger partial charge in [0, 0.05) is 5.56 Å². The van der Waals surface area contributed by atoms with Crippen molar-refractivity contribution in [2.45, 2.75) is 0 Å². The molecule has 0 atom stereocenters. The summed E-state index contributed by atoms with van der Waals surface area (Å²) < 4.78 is 26.1. The zero-order chi connectivity index (χ0) is 9.97. The van der Waals surface area contributed by atoms with E-state index in [0.29, 0.717) is 5.69 Å².